The minimum Gasteiger partial charge on any atom is -0.478 e. The SMILES string of the molecule is N#Cc1cccnc1Nc1cccc(C(=O)O)c1. The Balaban J connectivity index is 2.32. The topological polar surface area (TPSA) is 86.0 Å². The van der Waals surface area contributed by atoms with E-state index in [4.69, 9.17) is 10.4 Å². The van der Waals surface area contributed by atoms with Gasteiger partial charge in [0.05, 0.1) is 11.1 Å². The Morgan fingerprint density at radius 3 is 2.89 bits per heavy atom. The molecule has 0 fully saturated rings. The normalized spacial score (nSPS) is 9.50. The van der Waals surface area contributed by atoms with Crippen LogP contribution in [0.15, 0.2) is 42.6 Å². The molecular formula is C13H9N3O2. The summed E-state index contributed by atoms with van der Waals surface area (Å²) in [5.74, 6) is -0.595. The number of nitrogens with one attached hydrogen (secondary N) is 1. The fourth-order valence-corrected chi connectivity index (χ4v) is 1.46. The predicted octanol–water partition coefficient (Wildman–Crippen LogP) is 2.40. The van der Waals surface area contributed by atoms with Crippen LogP contribution in [0.2, 0.25) is 0 Å². The Labute approximate surface area is 103 Å². The number of carbonyl (C=O) groups is 1. The third-order valence-electron chi connectivity index (χ3n) is 2.30. The first-order valence-corrected chi connectivity index (χ1v) is 5.16. The molecule has 2 N–H and O–H groups in total. The van der Waals surface area contributed by atoms with Crippen molar-refractivity contribution in [2.75, 3.05) is 5.32 Å². The second-order valence-corrected chi connectivity index (χ2v) is 3.52. The molecule has 2 rings (SSSR count). The zero-order chi connectivity index (χ0) is 13.0. The first-order valence-electron chi connectivity index (χ1n) is 5.16. The Hall–Kier alpha value is -2.87. The monoisotopic (exact) mass is 239 g/mol. The Morgan fingerprint density at radius 2 is 2.17 bits per heavy atom. The molecule has 1 aromatic carbocycles. The van der Waals surface area contributed by atoms with Crippen LogP contribution < -0.4 is 5.32 Å². The van der Waals surface area contributed by atoms with Crippen molar-refractivity contribution in [3.8, 4) is 6.07 Å². The lowest BCUT2D eigenvalue weighted by atomic mass is 10.2. The van der Waals surface area contributed by atoms with Gasteiger partial charge in [-0.1, -0.05) is 6.07 Å². The Morgan fingerprint density at radius 1 is 1.33 bits per heavy atom. The van der Waals surface area contributed by atoms with E-state index in [2.05, 4.69) is 10.3 Å². The number of hydrogen-bond acceptors (Lipinski definition) is 4. The molecule has 5 heteroatoms. The van der Waals surface area contributed by atoms with Crippen LogP contribution in [0.4, 0.5) is 11.5 Å². The third kappa shape index (κ3) is 2.44. The van der Waals surface area contributed by atoms with Crippen LogP contribution >= 0.6 is 0 Å². The molecule has 0 aliphatic carbocycles. The number of carboxylic acid groups (broad SMARTS) is 1. The largest absolute Gasteiger partial charge is 0.478 e. The van der Waals surface area contributed by atoms with Gasteiger partial charge in [-0.15, -0.1) is 0 Å². The molecule has 18 heavy (non-hydrogen) atoms. The van der Waals surface area contributed by atoms with Gasteiger partial charge in [0, 0.05) is 11.9 Å². The maximum atomic E-state index is 10.8. The summed E-state index contributed by atoms with van der Waals surface area (Å²) in [5.41, 5.74) is 1.15. The highest BCUT2D eigenvalue weighted by Crippen LogP contribution is 2.18. The first-order chi connectivity index (χ1) is 8.70. The van der Waals surface area contributed by atoms with Crippen LogP contribution in [-0.4, -0.2) is 16.1 Å². The quantitative estimate of drug-likeness (QED) is 0.858. The molecule has 0 radical (unpaired) electrons. The smallest absolute Gasteiger partial charge is 0.335 e. The van der Waals surface area contributed by atoms with Crippen LogP contribution in [-0.2, 0) is 0 Å². The lowest BCUT2D eigenvalue weighted by molar-refractivity contribution is 0.0697. The second-order valence-electron chi connectivity index (χ2n) is 3.52. The number of benzene rings is 1. The molecule has 0 spiro atoms. The molecule has 1 heterocycles. The van der Waals surface area contributed by atoms with E-state index >= 15 is 0 Å². The minimum atomic E-state index is -1.000. The molecule has 1 aromatic heterocycles. The Kier molecular flexibility index (Phi) is 3.21. The highest BCUT2D eigenvalue weighted by molar-refractivity contribution is 5.89. The lowest BCUT2D eigenvalue weighted by Gasteiger charge is -2.07. The van der Waals surface area contributed by atoms with Gasteiger partial charge in [-0.3, -0.25) is 0 Å². The summed E-state index contributed by atoms with van der Waals surface area (Å²) in [6.07, 6.45) is 1.56. The average Bonchev–Trinajstić information content (AvgIpc) is 2.39. The maximum absolute atomic E-state index is 10.8. The first kappa shape index (κ1) is 11.6. The Bertz CT molecular complexity index is 632. The third-order valence-corrected chi connectivity index (χ3v) is 2.30. The van der Waals surface area contributed by atoms with Crippen LogP contribution in [0.25, 0.3) is 0 Å². The van der Waals surface area contributed by atoms with Gasteiger partial charge in [0.15, 0.2) is 0 Å². The zero-order valence-electron chi connectivity index (χ0n) is 9.29. The van der Waals surface area contributed by atoms with E-state index in [1.807, 2.05) is 6.07 Å². The van der Waals surface area contributed by atoms with Crippen molar-refractivity contribution in [1.82, 2.24) is 4.98 Å². The number of hydrogen-bond donors (Lipinski definition) is 2. The molecule has 0 aliphatic heterocycles. The van der Waals surface area contributed by atoms with E-state index in [-0.39, 0.29) is 5.56 Å². The number of anilines is 2. The fraction of sp³-hybridized carbons (Fsp3) is 0. The molecule has 0 saturated carbocycles. The highest BCUT2D eigenvalue weighted by atomic mass is 16.4. The predicted molar refractivity (Wildman–Crippen MR) is 65.6 cm³/mol. The summed E-state index contributed by atoms with van der Waals surface area (Å²) in [4.78, 5) is 14.9. The van der Waals surface area contributed by atoms with Gasteiger partial charge in [0.2, 0.25) is 0 Å². The van der Waals surface area contributed by atoms with Gasteiger partial charge in [0.25, 0.3) is 0 Å². The number of nitriles is 1. The van der Waals surface area contributed by atoms with Gasteiger partial charge in [-0.2, -0.15) is 5.26 Å². The van der Waals surface area contributed by atoms with Crippen molar-refractivity contribution in [3.05, 3.63) is 53.7 Å². The summed E-state index contributed by atoms with van der Waals surface area (Å²) in [5, 5.41) is 20.7. The van der Waals surface area contributed by atoms with E-state index in [1.54, 1.807) is 30.5 Å². The molecule has 88 valence electrons. The van der Waals surface area contributed by atoms with Crippen molar-refractivity contribution in [3.63, 3.8) is 0 Å². The van der Waals surface area contributed by atoms with Crippen molar-refractivity contribution in [1.29, 1.82) is 5.26 Å². The average molecular weight is 239 g/mol. The van der Waals surface area contributed by atoms with Crippen LogP contribution in [0.1, 0.15) is 15.9 Å². The summed E-state index contributed by atoms with van der Waals surface area (Å²) in [6, 6.07) is 11.6. The van der Waals surface area contributed by atoms with Crippen LogP contribution in [0.5, 0.6) is 0 Å². The maximum Gasteiger partial charge on any atom is 0.335 e. The number of rotatable bonds is 3. The summed E-state index contributed by atoms with van der Waals surface area (Å²) < 4.78 is 0. The summed E-state index contributed by atoms with van der Waals surface area (Å²) >= 11 is 0. The zero-order valence-corrected chi connectivity index (χ0v) is 9.29. The van der Waals surface area contributed by atoms with Crippen molar-refractivity contribution in [2.24, 2.45) is 0 Å². The van der Waals surface area contributed by atoms with E-state index < -0.39 is 5.97 Å². The number of aromatic nitrogens is 1. The summed E-state index contributed by atoms with van der Waals surface area (Å²) in [7, 11) is 0. The number of carboxylic acids is 1. The van der Waals surface area contributed by atoms with E-state index in [1.165, 1.54) is 12.1 Å². The molecule has 2 aromatic rings. The van der Waals surface area contributed by atoms with Gasteiger partial charge in [-0.25, -0.2) is 9.78 Å². The van der Waals surface area contributed by atoms with Crippen LogP contribution in [0.3, 0.4) is 0 Å². The number of pyridine rings is 1. The van der Waals surface area contributed by atoms with Crippen LogP contribution in [0, 0.1) is 11.3 Å². The molecular weight excluding hydrogens is 230 g/mol. The van der Waals surface area contributed by atoms with E-state index in [0.29, 0.717) is 17.1 Å². The molecule has 0 amide bonds. The number of nitrogens with zero attached hydrogens (tertiary/aromatic N) is 2. The molecule has 0 unspecified atom stereocenters. The lowest BCUT2D eigenvalue weighted by Crippen LogP contribution is -2.00. The molecule has 0 atom stereocenters. The second kappa shape index (κ2) is 4.97. The molecule has 0 aliphatic rings. The highest BCUT2D eigenvalue weighted by Gasteiger charge is 2.06. The molecule has 0 bridgehead atoms. The standard InChI is InChI=1S/C13H9N3O2/c14-8-10-4-2-6-15-12(10)16-11-5-1-3-9(7-11)13(17)18/h1-7H,(H,15,16)(H,17,18). The van der Waals surface area contributed by atoms with Gasteiger partial charge < -0.3 is 10.4 Å². The van der Waals surface area contributed by atoms with E-state index in [9.17, 15) is 4.79 Å². The molecule has 5 nitrogen and oxygen atoms in total. The molecule has 0 saturated heterocycles. The fourth-order valence-electron chi connectivity index (χ4n) is 1.46. The van der Waals surface area contributed by atoms with Crippen molar-refractivity contribution >= 4 is 17.5 Å². The van der Waals surface area contributed by atoms with Crippen molar-refractivity contribution in [2.45, 2.75) is 0 Å². The number of aromatic carboxylic acids is 1. The summed E-state index contributed by atoms with van der Waals surface area (Å²) in [6.45, 7) is 0. The minimum absolute atomic E-state index is 0.175. The van der Waals surface area contributed by atoms with E-state index in [0.717, 1.165) is 0 Å². The van der Waals surface area contributed by atoms with Crippen molar-refractivity contribution < 1.29 is 9.90 Å². The van der Waals surface area contributed by atoms with Gasteiger partial charge >= 0.3 is 5.97 Å². The van der Waals surface area contributed by atoms with Gasteiger partial charge in [0.1, 0.15) is 11.9 Å². The van der Waals surface area contributed by atoms with Gasteiger partial charge in [-0.05, 0) is 30.3 Å².